The van der Waals surface area contributed by atoms with Crippen LogP contribution in [0.2, 0.25) is 0 Å². The second kappa shape index (κ2) is 8.63. The van der Waals surface area contributed by atoms with E-state index < -0.39 is 28.9 Å². The van der Waals surface area contributed by atoms with Crippen LogP contribution in [0.1, 0.15) is 52.8 Å². The number of thioether (sulfide) groups is 1. The van der Waals surface area contributed by atoms with Crippen LogP contribution in [0.5, 0.6) is 0 Å². The first kappa shape index (κ1) is 23.9. The molecule has 31 heavy (non-hydrogen) atoms. The van der Waals surface area contributed by atoms with Crippen LogP contribution in [0.3, 0.4) is 0 Å². The summed E-state index contributed by atoms with van der Waals surface area (Å²) in [5, 5.41) is 2.11. The summed E-state index contributed by atoms with van der Waals surface area (Å²) in [6, 6.07) is 1.90. The summed E-state index contributed by atoms with van der Waals surface area (Å²) in [5.74, 6) is 0.884. The van der Waals surface area contributed by atoms with Crippen molar-refractivity contribution >= 4 is 46.1 Å². The number of hydrogen-bond acceptors (Lipinski definition) is 9. The minimum Gasteiger partial charge on any atom is -0.443 e. The summed E-state index contributed by atoms with van der Waals surface area (Å²) in [7, 11) is 0. The van der Waals surface area contributed by atoms with Gasteiger partial charge in [0.25, 0.3) is 0 Å². The Balaban J connectivity index is 2.05. The van der Waals surface area contributed by atoms with E-state index in [-0.39, 0.29) is 11.1 Å². The molecule has 2 aliphatic heterocycles. The Kier molecular flexibility index (Phi) is 6.65. The van der Waals surface area contributed by atoms with E-state index in [1.165, 1.54) is 23.1 Å². The first-order chi connectivity index (χ1) is 14.3. The third-order valence-electron chi connectivity index (χ3n) is 4.71. The SMILES string of the molecule is CC(C)(C)OC(=O)N(C(=O)OC(C)(C)C)C1=N[C@@]2(c3cc(N)cs3)COCCC2CS1. The van der Waals surface area contributed by atoms with Crippen LogP contribution in [0.4, 0.5) is 15.3 Å². The van der Waals surface area contributed by atoms with Crippen LogP contribution in [0.15, 0.2) is 16.4 Å². The fraction of sp³-hybridized carbons (Fsp3) is 0.667. The van der Waals surface area contributed by atoms with Gasteiger partial charge in [0.2, 0.25) is 0 Å². The van der Waals surface area contributed by atoms with Crippen LogP contribution >= 0.6 is 23.1 Å². The first-order valence-corrected chi connectivity index (χ1v) is 12.1. The molecule has 1 fully saturated rings. The normalized spacial score (nSPS) is 24.1. The second-order valence-electron chi connectivity index (χ2n) is 9.71. The van der Waals surface area contributed by atoms with Gasteiger partial charge in [-0.25, -0.2) is 14.6 Å². The molecule has 172 valence electrons. The second-order valence-corrected chi connectivity index (χ2v) is 11.6. The Morgan fingerprint density at radius 2 is 1.81 bits per heavy atom. The maximum absolute atomic E-state index is 13.1. The summed E-state index contributed by atoms with van der Waals surface area (Å²) < 4.78 is 16.8. The third-order valence-corrected chi connectivity index (χ3v) is 6.92. The van der Waals surface area contributed by atoms with Gasteiger partial charge >= 0.3 is 12.2 Å². The number of nitrogens with two attached hydrogens (primary N) is 1. The van der Waals surface area contributed by atoms with Gasteiger partial charge in [0.05, 0.1) is 6.61 Å². The maximum Gasteiger partial charge on any atom is 0.426 e. The molecule has 0 spiro atoms. The molecule has 2 N–H and O–H groups in total. The predicted octanol–water partition coefficient (Wildman–Crippen LogP) is 4.84. The van der Waals surface area contributed by atoms with Crippen molar-refractivity contribution in [1.82, 2.24) is 4.90 Å². The van der Waals surface area contributed by atoms with E-state index in [0.717, 1.165) is 16.2 Å². The summed E-state index contributed by atoms with van der Waals surface area (Å²) in [5.41, 5.74) is 4.37. The van der Waals surface area contributed by atoms with Gasteiger partial charge in [-0.1, -0.05) is 11.8 Å². The lowest BCUT2D eigenvalue weighted by Gasteiger charge is -2.44. The molecule has 0 radical (unpaired) electrons. The molecule has 0 aromatic carbocycles. The molecule has 0 aliphatic carbocycles. The highest BCUT2D eigenvalue weighted by molar-refractivity contribution is 8.13. The molecule has 10 heteroatoms. The molecule has 0 saturated carbocycles. The topological polar surface area (TPSA) is 103 Å². The molecule has 2 aliphatic rings. The molecule has 2 atom stereocenters. The summed E-state index contributed by atoms with van der Waals surface area (Å²) >= 11 is 2.87. The van der Waals surface area contributed by atoms with Crippen molar-refractivity contribution in [2.24, 2.45) is 10.9 Å². The first-order valence-electron chi connectivity index (χ1n) is 10.2. The standard InChI is InChI=1S/C21H31N3O5S2/c1-19(2,3)28-17(25)24(18(26)29-20(4,5)6)16-23-21(15-9-14(22)11-30-15)12-27-8-7-13(21)10-31-16/h9,11,13H,7-8,10,12,22H2,1-6H3/t13?,21-/m0/s1. The van der Waals surface area contributed by atoms with E-state index in [2.05, 4.69) is 0 Å². The largest absolute Gasteiger partial charge is 0.443 e. The van der Waals surface area contributed by atoms with Crippen molar-refractivity contribution in [3.63, 3.8) is 0 Å². The predicted molar refractivity (Wildman–Crippen MR) is 124 cm³/mol. The summed E-state index contributed by atoms with van der Waals surface area (Å²) in [6.45, 7) is 11.5. The fourth-order valence-electron chi connectivity index (χ4n) is 3.40. The van der Waals surface area contributed by atoms with Crippen molar-refractivity contribution in [2.45, 2.75) is 64.7 Å². The number of nitrogens with zero attached hydrogens (tertiary/aromatic N) is 2. The quantitative estimate of drug-likeness (QED) is 0.628. The lowest BCUT2D eigenvalue weighted by Crippen LogP contribution is -2.52. The molecule has 8 nitrogen and oxygen atoms in total. The Hall–Kier alpha value is -1.78. The number of fused-ring (bicyclic) bond motifs is 1. The van der Waals surface area contributed by atoms with Crippen LogP contribution in [0, 0.1) is 5.92 Å². The Bertz CT molecular complexity index is 843. The number of nitrogen functional groups attached to an aromatic ring is 1. The van der Waals surface area contributed by atoms with E-state index in [9.17, 15) is 9.59 Å². The van der Waals surface area contributed by atoms with Crippen molar-refractivity contribution in [1.29, 1.82) is 0 Å². The van der Waals surface area contributed by atoms with E-state index in [1.807, 2.05) is 11.4 Å². The van der Waals surface area contributed by atoms with Crippen LogP contribution in [-0.2, 0) is 19.7 Å². The summed E-state index contributed by atoms with van der Waals surface area (Å²) in [4.78, 5) is 32.9. The number of aliphatic imine (C=N–C) groups is 1. The highest BCUT2D eigenvalue weighted by atomic mass is 32.2. The molecule has 1 unspecified atom stereocenters. The number of carbonyl (C=O) groups excluding carboxylic acids is 2. The molecule has 1 aromatic rings. The van der Waals surface area contributed by atoms with Gasteiger partial charge in [0, 0.05) is 34.2 Å². The van der Waals surface area contributed by atoms with E-state index in [1.54, 1.807) is 41.5 Å². The number of amidine groups is 1. The Morgan fingerprint density at radius 1 is 1.19 bits per heavy atom. The van der Waals surface area contributed by atoms with E-state index >= 15 is 0 Å². The fourth-order valence-corrected chi connectivity index (χ4v) is 5.71. The number of imide groups is 1. The smallest absolute Gasteiger partial charge is 0.426 e. The van der Waals surface area contributed by atoms with Gasteiger partial charge in [-0.2, -0.15) is 4.90 Å². The molecule has 3 heterocycles. The number of ether oxygens (including phenoxy) is 3. The lowest BCUT2D eigenvalue weighted by atomic mass is 9.81. The van der Waals surface area contributed by atoms with Crippen molar-refractivity contribution in [3.8, 4) is 0 Å². The monoisotopic (exact) mass is 469 g/mol. The number of amides is 2. The van der Waals surface area contributed by atoms with Crippen LogP contribution in [0.25, 0.3) is 0 Å². The lowest BCUT2D eigenvalue weighted by molar-refractivity contribution is 0.00288. The number of hydrogen-bond donors (Lipinski definition) is 1. The molecular formula is C21H31N3O5S2. The number of carbonyl (C=O) groups is 2. The Labute approximate surface area is 191 Å². The van der Waals surface area contributed by atoms with Crippen molar-refractivity contribution in [3.05, 3.63) is 16.3 Å². The van der Waals surface area contributed by atoms with Crippen LogP contribution in [-0.4, -0.2) is 52.4 Å². The molecule has 1 aromatic heterocycles. The zero-order valence-corrected chi connectivity index (χ0v) is 20.5. The van der Waals surface area contributed by atoms with E-state index in [4.69, 9.17) is 24.9 Å². The average molecular weight is 470 g/mol. The minimum absolute atomic E-state index is 0.201. The zero-order chi connectivity index (χ0) is 23.0. The number of thiophene rings is 1. The molecule has 0 bridgehead atoms. The minimum atomic E-state index is -0.816. The number of rotatable bonds is 1. The van der Waals surface area contributed by atoms with Gasteiger partial charge in [-0.05, 0) is 54.0 Å². The number of anilines is 1. The van der Waals surface area contributed by atoms with Crippen LogP contribution < -0.4 is 5.73 Å². The maximum atomic E-state index is 13.1. The molecular weight excluding hydrogens is 438 g/mol. The highest BCUT2D eigenvalue weighted by Crippen LogP contribution is 2.47. The highest BCUT2D eigenvalue weighted by Gasteiger charge is 2.49. The van der Waals surface area contributed by atoms with Crippen molar-refractivity contribution < 1.29 is 23.8 Å². The molecule has 1 saturated heterocycles. The van der Waals surface area contributed by atoms with Gasteiger partial charge < -0.3 is 19.9 Å². The summed E-state index contributed by atoms with van der Waals surface area (Å²) in [6.07, 6.45) is -0.798. The van der Waals surface area contributed by atoms with Gasteiger partial charge in [-0.15, -0.1) is 11.3 Å². The van der Waals surface area contributed by atoms with Crippen molar-refractivity contribution in [2.75, 3.05) is 24.7 Å². The molecule has 3 rings (SSSR count). The Morgan fingerprint density at radius 3 is 2.32 bits per heavy atom. The van der Waals surface area contributed by atoms with Gasteiger partial charge in [0.1, 0.15) is 16.7 Å². The molecule has 2 amide bonds. The average Bonchev–Trinajstić information content (AvgIpc) is 3.05. The van der Waals surface area contributed by atoms with E-state index in [0.29, 0.717) is 24.7 Å². The third kappa shape index (κ3) is 5.53. The van der Waals surface area contributed by atoms with Gasteiger partial charge in [0.15, 0.2) is 5.17 Å². The zero-order valence-electron chi connectivity index (χ0n) is 18.9. The van der Waals surface area contributed by atoms with Gasteiger partial charge in [-0.3, -0.25) is 0 Å².